The van der Waals surface area contributed by atoms with Crippen molar-refractivity contribution in [3.8, 4) is 5.75 Å². The zero-order chi connectivity index (χ0) is 30.3. The van der Waals surface area contributed by atoms with Crippen LogP contribution in [-0.2, 0) is 52.7 Å². The molecule has 0 fully saturated rings. The molecule has 0 spiro atoms. The third-order valence-electron chi connectivity index (χ3n) is 7.90. The van der Waals surface area contributed by atoms with Gasteiger partial charge in [0, 0.05) is 6.42 Å². The second kappa shape index (κ2) is 17.6. The Kier molecular flexibility index (Phi) is 13.3. The maximum Gasteiger partial charge on any atom is 0.119 e. The van der Waals surface area contributed by atoms with Gasteiger partial charge in [0.05, 0.1) is 38.1 Å². The molecular weight excluding hydrogens is 532 g/mol. The van der Waals surface area contributed by atoms with Crippen LogP contribution in [0.3, 0.4) is 0 Å². The highest BCUT2D eigenvalue weighted by atomic mass is 16.5. The largest absolute Gasteiger partial charge is 0.508 e. The van der Waals surface area contributed by atoms with Gasteiger partial charge in [0.1, 0.15) is 5.75 Å². The fourth-order valence-corrected chi connectivity index (χ4v) is 5.53. The highest BCUT2D eigenvalue weighted by molar-refractivity contribution is 5.45. The molecule has 3 unspecified atom stereocenters. The molecule has 4 aromatic carbocycles. The summed E-state index contributed by atoms with van der Waals surface area (Å²) in [5.41, 5.74) is 7.14. The van der Waals surface area contributed by atoms with E-state index in [-0.39, 0.29) is 18.3 Å². The molecular formula is C39H48O4. The van der Waals surface area contributed by atoms with Crippen LogP contribution < -0.4 is 0 Å². The van der Waals surface area contributed by atoms with E-state index in [9.17, 15) is 5.11 Å². The van der Waals surface area contributed by atoms with Crippen molar-refractivity contribution in [3.05, 3.63) is 137 Å². The molecule has 0 amide bonds. The summed E-state index contributed by atoms with van der Waals surface area (Å²) in [5.74, 6) is 0.325. The topological polar surface area (TPSA) is 47.9 Å². The van der Waals surface area contributed by atoms with Crippen molar-refractivity contribution in [2.24, 2.45) is 0 Å². The zero-order valence-electron chi connectivity index (χ0n) is 26.1. The Morgan fingerprint density at radius 1 is 0.465 bits per heavy atom. The molecule has 4 rings (SSSR count). The van der Waals surface area contributed by atoms with Crippen LogP contribution >= 0.6 is 0 Å². The van der Waals surface area contributed by atoms with Crippen molar-refractivity contribution in [1.82, 2.24) is 0 Å². The molecule has 0 aliphatic carbocycles. The lowest BCUT2D eigenvalue weighted by molar-refractivity contribution is 0.0624. The van der Waals surface area contributed by atoms with Gasteiger partial charge in [-0.2, -0.15) is 0 Å². The molecule has 0 bridgehead atoms. The normalized spacial score (nSPS) is 13.5. The van der Waals surface area contributed by atoms with Crippen LogP contribution in [-0.4, -0.2) is 43.2 Å². The third kappa shape index (κ3) is 11.3. The minimum absolute atomic E-state index is 0.00613. The second-order valence-corrected chi connectivity index (χ2v) is 11.6. The highest BCUT2D eigenvalue weighted by Gasteiger charge is 2.20. The van der Waals surface area contributed by atoms with E-state index in [0.29, 0.717) is 32.0 Å². The molecule has 0 aliphatic heterocycles. The van der Waals surface area contributed by atoms with E-state index in [4.69, 9.17) is 14.2 Å². The molecule has 228 valence electrons. The number of aromatic hydroxyl groups is 1. The number of benzene rings is 4. The highest BCUT2D eigenvalue weighted by Crippen LogP contribution is 2.30. The molecule has 0 saturated carbocycles. The smallest absolute Gasteiger partial charge is 0.119 e. The Morgan fingerprint density at radius 3 is 1.26 bits per heavy atom. The lowest BCUT2D eigenvalue weighted by Crippen LogP contribution is -2.21. The number of rotatable bonds is 18. The Morgan fingerprint density at radius 2 is 0.837 bits per heavy atom. The molecule has 4 heteroatoms. The number of phenols is 1. The van der Waals surface area contributed by atoms with Crippen LogP contribution in [0, 0.1) is 0 Å². The molecule has 4 nitrogen and oxygen atoms in total. The fourth-order valence-electron chi connectivity index (χ4n) is 5.53. The van der Waals surface area contributed by atoms with Gasteiger partial charge in [-0.15, -0.1) is 0 Å². The van der Waals surface area contributed by atoms with Crippen LogP contribution in [0.4, 0.5) is 0 Å². The summed E-state index contributed by atoms with van der Waals surface area (Å²) in [6, 6.07) is 35.2. The van der Waals surface area contributed by atoms with Crippen LogP contribution in [0.25, 0.3) is 0 Å². The SMILES string of the molecule is CC(Cc1ccc(O)c(CC(C)OCCc2ccccc2)c1CC(C)OCCc1ccccc1)OCCc1ccccc1. The van der Waals surface area contributed by atoms with Crippen molar-refractivity contribution in [2.75, 3.05) is 19.8 Å². The van der Waals surface area contributed by atoms with Crippen LogP contribution in [0.1, 0.15) is 54.2 Å². The van der Waals surface area contributed by atoms with Gasteiger partial charge < -0.3 is 19.3 Å². The van der Waals surface area contributed by atoms with Crippen molar-refractivity contribution >= 4 is 0 Å². The Hall–Kier alpha value is -3.44. The average Bonchev–Trinajstić information content (AvgIpc) is 3.02. The minimum Gasteiger partial charge on any atom is -0.508 e. The molecule has 3 atom stereocenters. The van der Waals surface area contributed by atoms with E-state index >= 15 is 0 Å². The molecule has 0 aliphatic rings. The Bertz CT molecular complexity index is 1320. The van der Waals surface area contributed by atoms with Crippen LogP contribution in [0.5, 0.6) is 5.75 Å². The fraction of sp³-hybridized carbons (Fsp3) is 0.385. The number of hydrogen-bond acceptors (Lipinski definition) is 4. The number of hydrogen-bond donors (Lipinski definition) is 1. The molecule has 0 heterocycles. The van der Waals surface area contributed by atoms with Gasteiger partial charge in [0.25, 0.3) is 0 Å². The van der Waals surface area contributed by atoms with Crippen molar-refractivity contribution < 1.29 is 19.3 Å². The first-order valence-electron chi connectivity index (χ1n) is 15.8. The number of phenolic OH excluding ortho intramolecular Hbond substituents is 1. The molecule has 0 saturated heterocycles. The Balaban J connectivity index is 1.41. The Labute approximate surface area is 258 Å². The van der Waals surface area contributed by atoms with Crippen LogP contribution in [0.15, 0.2) is 103 Å². The van der Waals surface area contributed by atoms with Gasteiger partial charge in [0.2, 0.25) is 0 Å². The maximum absolute atomic E-state index is 11.1. The molecule has 1 N–H and O–H groups in total. The monoisotopic (exact) mass is 580 g/mol. The van der Waals surface area contributed by atoms with E-state index in [0.717, 1.165) is 43.2 Å². The summed E-state index contributed by atoms with van der Waals surface area (Å²) in [7, 11) is 0. The van der Waals surface area contributed by atoms with E-state index in [2.05, 4.69) is 99.6 Å². The van der Waals surface area contributed by atoms with Gasteiger partial charge in [-0.1, -0.05) is 97.1 Å². The lowest BCUT2D eigenvalue weighted by Gasteiger charge is -2.24. The van der Waals surface area contributed by atoms with Gasteiger partial charge in [-0.3, -0.25) is 0 Å². The first-order valence-corrected chi connectivity index (χ1v) is 15.8. The average molecular weight is 581 g/mol. The quantitative estimate of drug-likeness (QED) is 0.130. The van der Waals surface area contributed by atoms with E-state index in [1.54, 1.807) is 0 Å². The predicted octanol–water partition coefficient (Wildman–Crippen LogP) is 7.96. The molecule has 4 aromatic rings. The summed E-state index contributed by atoms with van der Waals surface area (Å²) in [4.78, 5) is 0. The lowest BCUT2D eigenvalue weighted by atomic mass is 9.90. The van der Waals surface area contributed by atoms with E-state index in [1.165, 1.54) is 22.3 Å². The van der Waals surface area contributed by atoms with E-state index < -0.39 is 0 Å². The minimum atomic E-state index is -0.0301. The first-order chi connectivity index (χ1) is 21.0. The van der Waals surface area contributed by atoms with Gasteiger partial charge in [0.15, 0.2) is 0 Å². The maximum atomic E-state index is 11.1. The molecule has 0 aromatic heterocycles. The zero-order valence-corrected chi connectivity index (χ0v) is 26.1. The standard InChI is InChI=1S/C39H48O4/c1-30(41-24-21-33-13-7-4-8-14-33)27-36-19-20-39(40)38(29-32(3)43-26-23-35-17-11-6-12-18-35)37(36)28-31(2)42-25-22-34-15-9-5-10-16-34/h4-20,30-32,40H,21-29H2,1-3H3. The van der Waals surface area contributed by atoms with Gasteiger partial charge >= 0.3 is 0 Å². The van der Waals surface area contributed by atoms with Crippen molar-refractivity contribution in [1.29, 1.82) is 0 Å². The second-order valence-electron chi connectivity index (χ2n) is 11.6. The first kappa shape index (κ1) is 32.5. The van der Waals surface area contributed by atoms with Crippen molar-refractivity contribution in [2.45, 2.75) is 77.6 Å². The van der Waals surface area contributed by atoms with Crippen molar-refractivity contribution in [3.63, 3.8) is 0 Å². The van der Waals surface area contributed by atoms with Gasteiger partial charge in [-0.25, -0.2) is 0 Å². The summed E-state index contributed by atoms with van der Waals surface area (Å²) in [5, 5.41) is 11.1. The summed E-state index contributed by atoms with van der Waals surface area (Å²) in [6.45, 7) is 8.34. The predicted molar refractivity (Wildman–Crippen MR) is 176 cm³/mol. The summed E-state index contributed by atoms with van der Waals surface area (Å²) in [6.07, 6.45) is 4.81. The third-order valence-corrected chi connectivity index (χ3v) is 7.90. The van der Waals surface area contributed by atoms with E-state index in [1.807, 2.05) is 24.3 Å². The summed E-state index contributed by atoms with van der Waals surface area (Å²) >= 11 is 0. The summed E-state index contributed by atoms with van der Waals surface area (Å²) < 4.78 is 18.8. The van der Waals surface area contributed by atoms with Crippen LogP contribution in [0.2, 0.25) is 0 Å². The number of ether oxygens (including phenoxy) is 3. The molecule has 0 radical (unpaired) electrons. The van der Waals surface area contributed by atoms with Gasteiger partial charge in [-0.05, 0) is 92.3 Å². The molecule has 43 heavy (non-hydrogen) atoms.